The van der Waals surface area contributed by atoms with Gasteiger partial charge in [0.05, 0.1) is 11.5 Å². The van der Waals surface area contributed by atoms with Crippen LogP contribution in [-0.2, 0) is 20.2 Å². The lowest BCUT2D eigenvalue weighted by molar-refractivity contribution is 0.289. The molecule has 7 heteroatoms. The van der Waals surface area contributed by atoms with Crippen molar-refractivity contribution in [1.29, 1.82) is 0 Å². The molecule has 0 spiro atoms. The van der Waals surface area contributed by atoms with Gasteiger partial charge in [0.1, 0.15) is 5.75 Å². The minimum Gasteiger partial charge on any atom is -0.484 e. The van der Waals surface area contributed by atoms with Crippen LogP contribution in [0.25, 0.3) is 0 Å². The summed E-state index contributed by atoms with van der Waals surface area (Å²) in [4.78, 5) is 1.41. The van der Waals surface area contributed by atoms with Gasteiger partial charge in [-0.1, -0.05) is 19.1 Å². The molecule has 2 aromatic rings. The summed E-state index contributed by atoms with van der Waals surface area (Å²) in [6.07, 6.45) is 0. The smallest absolute Gasteiger partial charge is 0.212 e. The minimum atomic E-state index is 0.301. The monoisotopic (exact) mass is 325 g/mol. The lowest BCUT2D eigenvalue weighted by Gasteiger charge is -2.12. The Morgan fingerprint density at radius 2 is 2.26 bits per heavy atom. The number of halogens is 1. The van der Waals surface area contributed by atoms with Crippen LogP contribution in [0.4, 0.5) is 0 Å². The van der Waals surface area contributed by atoms with Crippen molar-refractivity contribution < 1.29 is 4.74 Å². The van der Waals surface area contributed by atoms with Crippen molar-refractivity contribution in [1.82, 2.24) is 25.5 Å². The van der Waals surface area contributed by atoms with Gasteiger partial charge in [0, 0.05) is 12.1 Å². The molecule has 0 saturated carbocycles. The van der Waals surface area contributed by atoms with Gasteiger partial charge in [-0.2, -0.15) is 4.80 Å². The number of hydrogen-bond donors (Lipinski definition) is 1. The molecule has 0 unspecified atom stereocenters. The number of nitrogens with zero attached hydrogens (tertiary/aromatic N) is 4. The van der Waals surface area contributed by atoms with Gasteiger partial charge in [0.25, 0.3) is 0 Å². The van der Waals surface area contributed by atoms with Crippen molar-refractivity contribution in [2.75, 3.05) is 6.54 Å². The third kappa shape index (κ3) is 3.74. The van der Waals surface area contributed by atoms with E-state index >= 15 is 0 Å². The molecule has 0 atom stereocenters. The van der Waals surface area contributed by atoms with Gasteiger partial charge >= 0.3 is 0 Å². The van der Waals surface area contributed by atoms with Crippen molar-refractivity contribution >= 4 is 15.9 Å². The van der Waals surface area contributed by atoms with E-state index in [2.05, 4.69) is 43.6 Å². The maximum atomic E-state index is 5.80. The van der Waals surface area contributed by atoms with E-state index in [1.54, 1.807) is 7.05 Å². The van der Waals surface area contributed by atoms with Crippen molar-refractivity contribution in [3.63, 3.8) is 0 Å². The Hall–Kier alpha value is -1.47. The zero-order valence-electron chi connectivity index (χ0n) is 10.9. The van der Waals surface area contributed by atoms with Gasteiger partial charge in [-0.25, -0.2) is 0 Å². The molecule has 0 fully saturated rings. The predicted octanol–water partition coefficient (Wildman–Crippen LogP) is 1.66. The molecule has 1 heterocycles. The molecular formula is C12H16BrN5O. The van der Waals surface area contributed by atoms with E-state index in [1.165, 1.54) is 4.80 Å². The molecular weight excluding hydrogens is 310 g/mol. The van der Waals surface area contributed by atoms with E-state index in [-0.39, 0.29) is 0 Å². The second kappa shape index (κ2) is 6.63. The van der Waals surface area contributed by atoms with Crippen LogP contribution in [0.3, 0.4) is 0 Å². The molecule has 19 heavy (non-hydrogen) atoms. The fourth-order valence-corrected chi connectivity index (χ4v) is 2.15. The molecule has 0 radical (unpaired) electrons. The number of ether oxygens (including phenoxy) is 1. The highest BCUT2D eigenvalue weighted by Crippen LogP contribution is 2.29. The van der Waals surface area contributed by atoms with Crippen molar-refractivity contribution in [3.8, 4) is 5.75 Å². The zero-order valence-corrected chi connectivity index (χ0v) is 12.5. The SMILES string of the molecule is CCNCc1cccc(Br)c1OCc1nnn(C)n1. The number of hydrogen-bond acceptors (Lipinski definition) is 5. The minimum absolute atomic E-state index is 0.301. The summed E-state index contributed by atoms with van der Waals surface area (Å²) in [6.45, 7) is 4.05. The van der Waals surface area contributed by atoms with E-state index in [1.807, 2.05) is 18.2 Å². The number of aryl methyl sites for hydroxylation is 1. The Bertz CT molecular complexity index is 543. The highest BCUT2D eigenvalue weighted by Gasteiger charge is 2.09. The molecule has 2 rings (SSSR count). The average molecular weight is 326 g/mol. The highest BCUT2D eigenvalue weighted by molar-refractivity contribution is 9.10. The van der Waals surface area contributed by atoms with Gasteiger partial charge in [-0.05, 0) is 33.8 Å². The molecule has 0 amide bonds. The first kappa shape index (κ1) is 14.0. The predicted molar refractivity (Wildman–Crippen MR) is 74.7 cm³/mol. The summed E-state index contributed by atoms with van der Waals surface area (Å²) < 4.78 is 6.72. The summed E-state index contributed by atoms with van der Waals surface area (Å²) in [5.74, 6) is 1.38. The van der Waals surface area contributed by atoms with Gasteiger partial charge in [0.15, 0.2) is 6.61 Å². The van der Waals surface area contributed by atoms with Crippen molar-refractivity contribution in [2.45, 2.75) is 20.1 Å². The maximum Gasteiger partial charge on any atom is 0.212 e. The number of nitrogens with one attached hydrogen (secondary N) is 1. The summed E-state index contributed by atoms with van der Waals surface area (Å²) in [6, 6.07) is 5.98. The van der Waals surface area contributed by atoms with E-state index < -0.39 is 0 Å². The zero-order chi connectivity index (χ0) is 13.7. The Morgan fingerprint density at radius 1 is 1.42 bits per heavy atom. The Morgan fingerprint density at radius 3 is 2.95 bits per heavy atom. The molecule has 102 valence electrons. The first-order chi connectivity index (χ1) is 9.20. The van der Waals surface area contributed by atoms with Crippen molar-refractivity contribution in [3.05, 3.63) is 34.1 Å². The van der Waals surface area contributed by atoms with Gasteiger partial charge < -0.3 is 10.1 Å². The summed E-state index contributed by atoms with van der Waals surface area (Å²) in [7, 11) is 1.73. The van der Waals surface area contributed by atoms with E-state index in [0.29, 0.717) is 12.4 Å². The molecule has 0 aliphatic carbocycles. The van der Waals surface area contributed by atoms with Gasteiger partial charge in [-0.15, -0.1) is 10.2 Å². The number of aromatic nitrogens is 4. The Kier molecular flexibility index (Phi) is 4.86. The first-order valence-electron chi connectivity index (χ1n) is 6.04. The van der Waals surface area contributed by atoms with Crippen LogP contribution in [0.5, 0.6) is 5.75 Å². The van der Waals surface area contributed by atoms with E-state index in [9.17, 15) is 0 Å². The third-order valence-corrected chi connectivity index (χ3v) is 3.13. The van der Waals surface area contributed by atoms with Gasteiger partial charge in [-0.3, -0.25) is 0 Å². The fourth-order valence-electron chi connectivity index (χ4n) is 1.63. The number of para-hydroxylation sites is 1. The number of tetrazole rings is 1. The third-order valence-electron chi connectivity index (χ3n) is 2.51. The van der Waals surface area contributed by atoms with Crippen LogP contribution in [0, 0.1) is 0 Å². The fraction of sp³-hybridized carbons (Fsp3) is 0.417. The summed E-state index contributed by atoms with van der Waals surface area (Å²) >= 11 is 3.50. The molecule has 6 nitrogen and oxygen atoms in total. The van der Waals surface area contributed by atoms with Crippen LogP contribution < -0.4 is 10.1 Å². The van der Waals surface area contributed by atoms with Crippen LogP contribution >= 0.6 is 15.9 Å². The number of benzene rings is 1. The quantitative estimate of drug-likeness (QED) is 0.875. The summed E-state index contributed by atoms with van der Waals surface area (Å²) in [5, 5.41) is 15.0. The lowest BCUT2D eigenvalue weighted by Crippen LogP contribution is -2.13. The second-order valence-electron chi connectivity index (χ2n) is 3.99. The topological polar surface area (TPSA) is 64.9 Å². The van der Waals surface area contributed by atoms with Crippen LogP contribution in [0.15, 0.2) is 22.7 Å². The van der Waals surface area contributed by atoms with Crippen molar-refractivity contribution in [2.24, 2.45) is 7.05 Å². The van der Waals surface area contributed by atoms with Gasteiger partial charge in [0.2, 0.25) is 5.82 Å². The molecule has 1 aromatic carbocycles. The second-order valence-corrected chi connectivity index (χ2v) is 4.85. The Balaban J connectivity index is 2.09. The van der Waals surface area contributed by atoms with Crippen LogP contribution in [-0.4, -0.2) is 26.8 Å². The molecule has 0 aliphatic heterocycles. The van der Waals surface area contributed by atoms with E-state index in [4.69, 9.17) is 4.74 Å². The highest BCUT2D eigenvalue weighted by atomic mass is 79.9. The first-order valence-corrected chi connectivity index (χ1v) is 6.83. The lowest BCUT2D eigenvalue weighted by atomic mass is 10.2. The Labute approximate surface area is 120 Å². The molecule has 0 aliphatic rings. The summed E-state index contributed by atoms with van der Waals surface area (Å²) in [5.41, 5.74) is 1.10. The molecule has 1 N–H and O–H groups in total. The molecule has 0 bridgehead atoms. The molecule has 0 saturated heterocycles. The average Bonchev–Trinajstić information content (AvgIpc) is 2.81. The molecule has 1 aromatic heterocycles. The maximum absolute atomic E-state index is 5.80. The van der Waals surface area contributed by atoms with Crippen LogP contribution in [0.1, 0.15) is 18.3 Å². The van der Waals surface area contributed by atoms with Crippen LogP contribution in [0.2, 0.25) is 0 Å². The van der Waals surface area contributed by atoms with E-state index in [0.717, 1.165) is 28.9 Å². The number of rotatable bonds is 6. The normalized spacial score (nSPS) is 10.7. The standard InChI is InChI=1S/C12H16BrN5O/c1-3-14-7-9-5-4-6-10(13)12(9)19-8-11-15-17-18(2)16-11/h4-6,14H,3,7-8H2,1-2H3. The largest absolute Gasteiger partial charge is 0.484 e.